The van der Waals surface area contributed by atoms with Gasteiger partial charge in [0.1, 0.15) is 11.1 Å². The Morgan fingerprint density at radius 2 is 1.05 bits per heavy atom. The van der Waals surface area contributed by atoms with Crippen molar-refractivity contribution in [1.29, 1.82) is 0 Å². The van der Waals surface area contributed by atoms with Crippen molar-refractivity contribution >= 4 is 81.9 Å². The molecule has 0 aliphatic heterocycles. The first kappa shape index (κ1) is 32.0. The molecule has 0 spiro atoms. The number of halogens is 5. The second kappa shape index (κ2) is 13.7. The van der Waals surface area contributed by atoms with Crippen molar-refractivity contribution in [1.82, 2.24) is 0 Å². The topological polar surface area (TPSA) is 105 Å². The van der Waals surface area contributed by atoms with Gasteiger partial charge < -0.3 is 18.9 Å². The molecule has 0 unspecified atom stereocenters. The van der Waals surface area contributed by atoms with Crippen molar-refractivity contribution in [3.05, 3.63) is 53.9 Å². The minimum Gasteiger partial charge on any atom is -0.462 e. The van der Waals surface area contributed by atoms with Gasteiger partial charge in [-0.3, -0.25) is 0 Å². The van der Waals surface area contributed by atoms with Gasteiger partial charge in [-0.25, -0.2) is 19.2 Å². The molecule has 2 rings (SSSR count). The minimum absolute atomic E-state index is 0.00337. The van der Waals surface area contributed by atoms with Crippen molar-refractivity contribution < 1.29 is 38.1 Å². The van der Waals surface area contributed by atoms with Crippen LogP contribution in [0.5, 0.6) is 11.5 Å². The van der Waals surface area contributed by atoms with E-state index in [-0.39, 0.29) is 67.0 Å². The minimum atomic E-state index is -1.60. The molecule has 8 nitrogen and oxygen atoms in total. The summed E-state index contributed by atoms with van der Waals surface area (Å²) >= 11 is 30.6. The number of hydrogen-bond donors (Lipinski definition) is 0. The maximum absolute atomic E-state index is 12.7. The maximum atomic E-state index is 12.7. The molecule has 0 saturated heterocycles. The molecule has 2 aromatic rings. The molecule has 2 aromatic carbocycles. The number of rotatable bonds is 8. The zero-order valence-electron chi connectivity index (χ0n) is 20.9. The van der Waals surface area contributed by atoms with Gasteiger partial charge in [-0.05, 0) is 36.5 Å². The maximum Gasteiger partial charge on any atom is 0.423 e. The molecule has 0 atom stereocenters. The molecule has 0 saturated carbocycles. The van der Waals surface area contributed by atoms with E-state index in [1.807, 2.05) is 13.8 Å². The van der Waals surface area contributed by atoms with Crippen molar-refractivity contribution in [2.24, 2.45) is 11.8 Å². The molecule has 38 heavy (non-hydrogen) atoms. The summed E-state index contributed by atoms with van der Waals surface area (Å²) in [4.78, 5) is 50.8. The van der Waals surface area contributed by atoms with Gasteiger partial charge >= 0.3 is 23.9 Å². The fraction of sp³-hybridized carbons (Fsp3) is 0.360. The molecule has 0 bridgehead atoms. The van der Waals surface area contributed by atoms with Crippen LogP contribution in [0.4, 0.5) is 0 Å². The second-order valence-corrected chi connectivity index (χ2v) is 10.8. The first-order valence-electron chi connectivity index (χ1n) is 11.1. The Bertz CT molecular complexity index is 1180. The lowest BCUT2D eigenvalue weighted by Gasteiger charge is -2.16. The van der Waals surface area contributed by atoms with Crippen LogP contribution in [0.25, 0.3) is 0 Å². The number of esters is 4. The lowest BCUT2D eigenvalue weighted by atomic mass is 10.1. The van der Waals surface area contributed by atoms with Gasteiger partial charge in [-0.1, -0.05) is 85.7 Å². The molecule has 206 valence electrons. The molecule has 0 aliphatic carbocycles. The summed E-state index contributed by atoms with van der Waals surface area (Å²) in [6.07, 6.45) is 0. The normalized spacial score (nSPS) is 10.9. The SMILES string of the molecule is Cc1cc(Cl)c(Cl)c(C(=O)OCC(C)C)c1OC(=O)C(=O)Oc1c(Cl)cc(Cl)c(Cl)c1C(=O)OCC(C)C. The molecule has 0 heterocycles. The average molecular weight is 629 g/mol. The van der Waals surface area contributed by atoms with Crippen molar-refractivity contribution in [2.75, 3.05) is 13.2 Å². The first-order chi connectivity index (χ1) is 17.6. The van der Waals surface area contributed by atoms with Gasteiger partial charge in [-0.2, -0.15) is 0 Å². The average Bonchev–Trinajstić information content (AvgIpc) is 2.82. The summed E-state index contributed by atoms with van der Waals surface area (Å²) in [6.45, 7) is 8.76. The quantitative estimate of drug-likeness (QED) is 0.129. The van der Waals surface area contributed by atoms with Crippen molar-refractivity contribution in [3.8, 4) is 11.5 Å². The number of aryl methyl sites for hydroxylation is 1. The van der Waals surface area contributed by atoms with E-state index < -0.39 is 35.2 Å². The zero-order valence-corrected chi connectivity index (χ0v) is 24.7. The molecule has 0 fully saturated rings. The van der Waals surface area contributed by atoms with E-state index in [2.05, 4.69) is 0 Å². The number of benzene rings is 2. The molecular weight excluding hydrogens is 606 g/mol. The summed E-state index contributed by atoms with van der Waals surface area (Å²) in [5.74, 6) is -6.05. The molecule has 0 aromatic heterocycles. The lowest BCUT2D eigenvalue weighted by molar-refractivity contribution is -0.156. The highest BCUT2D eigenvalue weighted by atomic mass is 35.5. The molecular formula is C25H23Cl5O8. The summed E-state index contributed by atoms with van der Waals surface area (Å²) in [6, 6.07) is 2.44. The predicted molar refractivity (Wildman–Crippen MR) is 144 cm³/mol. The van der Waals surface area contributed by atoms with Gasteiger partial charge in [0.15, 0.2) is 11.5 Å². The molecule has 13 heteroatoms. The van der Waals surface area contributed by atoms with Gasteiger partial charge in [0.25, 0.3) is 0 Å². The lowest BCUT2D eigenvalue weighted by Crippen LogP contribution is -2.28. The van der Waals surface area contributed by atoms with Crippen LogP contribution in [0.15, 0.2) is 12.1 Å². The Morgan fingerprint density at radius 3 is 1.50 bits per heavy atom. The monoisotopic (exact) mass is 626 g/mol. The smallest absolute Gasteiger partial charge is 0.423 e. The Morgan fingerprint density at radius 1 is 0.658 bits per heavy atom. The summed E-state index contributed by atoms with van der Waals surface area (Å²) in [5, 5.41) is -0.983. The van der Waals surface area contributed by atoms with Gasteiger partial charge in [0.05, 0.1) is 38.3 Å². The Labute approximate surface area is 244 Å². The zero-order chi connectivity index (χ0) is 28.9. The number of ether oxygens (including phenoxy) is 4. The summed E-state index contributed by atoms with van der Waals surface area (Å²) in [7, 11) is 0. The van der Waals surface area contributed by atoms with E-state index >= 15 is 0 Å². The second-order valence-electron chi connectivity index (χ2n) is 8.82. The van der Waals surface area contributed by atoms with E-state index in [4.69, 9.17) is 77.0 Å². The number of carbonyl (C=O) groups is 4. The Balaban J connectivity index is 2.41. The molecule has 0 aliphatic rings. The van der Waals surface area contributed by atoms with E-state index in [1.165, 1.54) is 13.0 Å². The fourth-order valence-corrected chi connectivity index (χ4v) is 4.00. The van der Waals surface area contributed by atoms with Crippen molar-refractivity contribution in [2.45, 2.75) is 34.6 Å². The van der Waals surface area contributed by atoms with Crippen LogP contribution < -0.4 is 9.47 Å². The first-order valence-corrected chi connectivity index (χ1v) is 13.0. The van der Waals surface area contributed by atoms with Crippen LogP contribution >= 0.6 is 58.0 Å². The standard InChI is InChI=1S/C25H23Cl5O8/c1-10(2)8-35-22(31)16-18(29)13(26)6-12(5)20(16)37-24(33)25(34)38-21-15(28)7-14(27)19(30)17(21)23(32)36-9-11(3)4/h6-7,10-11H,8-9H2,1-5H3. The largest absolute Gasteiger partial charge is 0.462 e. The molecule has 0 radical (unpaired) electrons. The van der Waals surface area contributed by atoms with Gasteiger partial charge in [-0.15, -0.1) is 0 Å². The van der Waals surface area contributed by atoms with E-state index in [1.54, 1.807) is 13.8 Å². The third-order valence-corrected chi connectivity index (χ3v) is 6.40. The van der Waals surface area contributed by atoms with E-state index in [0.717, 1.165) is 6.07 Å². The third-order valence-electron chi connectivity index (χ3n) is 4.54. The summed E-state index contributed by atoms with van der Waals surface area (Å²) in [5.41, 5.74) is -0.624. The highest BCUT2D eigenvalue weighted by Gasteiger charge is 2.31. The predicted octanol–water partition coefficient (Wildman–Crippen LogP) is 7.40. The Hall–Kier alpha value is -2.23. The highest BCUT2D eigenvalue weighted by Crippen LogP contribution is 2.40. The number of carbonyl (C=O) groups excluding carboxylic acids is 4. The van der Waals surface area contributed by atoms with Crippen LogP contribution in [-0.4, -0.2) is 37.1 Å². The van der Waals surface area contributed by atoms with E-state index in [0.29, 0.717) is 0 Å². The van der Waals surface area contributed by atoms with Crippen molar-refractivity contribution in [3.63, 3.8) is 0 Å². The Kier molecular flexibility index (Phi) is 11.5. The van der Waals surface area contributed by atoms with Crippen LogP contribution in [-0.2, 0) is 19.1 Å². The highest BCUT2D eigenvalue weighted by molar-refractivity contribution is 6.46. The van der Waals surface area contributed by atoms with Crippen LogP contribution in [0.1, 0.15) is 54.0 Å². The van der Waals surface area contributed by atoms with Crippen LogP contribution in [0.3, 0.4) is 0 Å². The van der Waals surface area contributed by atoms with Crippen LogP contribution in [0.2, 0.25) is 25.1 Å². The number of hydrogen-bond acceptors (Lipinski definition) is 8. The molecule has 0 amide bonds. The van der Waals surface area contributed by atoms with E-state index in [9.17, 15) is 19.2 Å². The van der Waals surface area contributed by atoms with Gasteiger partial charge in [0.2, 0.25) is 0 Å². The van der Waals surface area contributed by atoms with Crippen LogP contribution in [0, 0.1) is 18.8 Å². The van der Waals surface area contributed by atoms with Gasteiger partial charge in [0, 0.05) is 0 Å². The third kappa shape index (κ3) is 7.90. The molecule has 0 N–H and O–H groups in total. The fourth-order valence-electron chi connectivity index (χ4n) is 2.81. The summed E-state index contributed by atoms with van der Waals surface area (Å²) < 4.78 is 20.6.